The molecule has 0 spiro atoms. The van der Waals surface area contributed by atoms with Crippen LogP contribution in [0.2, 0.25) is 0 Å². The van der Waals surface area contributed by atoms with Crippen LogP contribution in [-0.2, 0) is 0 Å². The number of hydrogen-bond acceptors (Lipinski definition) is 2. The Bertz CT molecular complexity index is 534. The molecule has 0 unspecified atom stereocenters. The zero-order valence-corrected chi connectivity index (χ0v) is 18.0. The second-order valence-corrected chi connectivity index (χ2v) is 9.38. The fourth-order valence-corrected chi connectivity index (χ4v) is 5.96. The van der Waals surface area contributed by atoms with E-state index in [1.165, 1.54) is 69.7 Å². The van der Waals surface area contributed by atoms with Crippen molar-refractivity contribution >= 4 is 28.7 Å². The number of thiophene rings is 1. The molecule has 0 aromatic carbocycles. The van der Waals surface area contributed by atoms with Gasteiger partial charge in [0.05, 0.1) is 17.5 Å². The van der Waals surface area contributed by atoms with Crippen molar-refractivity contribution in [3.8, 4) is 0 Å². The lowest BCUT2D eigenvalue weighted by Gasteiger charge is -2.37. The SMILES string of the molecule is CC[NH+]1CC[NH+]([C@@H](c2cccs2)[C@H](C)NC(=S)NC2CCCCC2)CC1. The second kappa shape index (κ2) is 10.0. The highest BCUT2D eigenvalue weighted by atomic mass is 32.1. The average Bonchev–Trinajstić information content (AvgIpc) is 3.17. The molecule has 1 saturated heterocycles. The summed E-state index contributed by atoms with van der Waals surface area (Å²) in [7, 11) is 0. The molecule has 2 aliphatic rings. The molecule has 0 bridgehead atoms. The summed E-state index contributed by atoms with van der Waals surface area (Å²) in [6, 6.07) is 5.89. The summed E-state index contributed by atoms with van der Waals surface area (Å²) in [4.78, 5) is 4.94. The quantitative estimate of drug-likeness (QED) is 0.537. The lowest BCUT2D eigenvalue weighted by Crippen LogP contribution is -3.28. The zero-order valence-electron chi connectivity index (χ0n) is 16.4. The van der Waals surface area contributed by atoms with Crippen LogP contribution in [0.5, 0.6) is 0 Å². The topological polar surface area (TPSA) is 32.9 Å². The van der Waals surface area contributed by atoms with Crippen molar-refractivity contribution in [1.82, 2.24) is 10.6 Å². The van der Waals surface area contributed by atoms with Crippen LogP contribution in [0.4, 0.5) is 0 Å². The van der Waals surface area contributed by atoms with Crippen LogP contribution >= 0.6 is 23.6 Å². The molecule has 1 aliphatic carbocycles. The summed E-state index contributed by atoms with van der Waals surface area (Å²) in [5, 5.41) is 10.3. The fraction of sp³-hybridized carbons (Fsp3) is 0.750. The minimum Gasteiger partial charge on any atom is -0.360 e. The van der Waals surface area contributed by atoms with Gasteiger partial charge in [0.1, 0.15) is 32.2 Å². The van der Waals surface area contributed by atoms with Gasteiger partial charge in [-0.15, -0.1) is 11.3 Å². The molecular formula is C20H36N4S2+2. The third kappa shape index (κ3) is 5.41. The number of quaternary nitrogens is 2. The molecule has 2 heterocycles. The molecular weight excluding hydrogens is 360 g/mol. The van der Waals surface area contributed by atoms with Gasteiger partial charge < -0.3 is 20.4 Å². The third-order valence-corrected chi connectivity index (χ3v) is 7.38. The minimum atomic E-state index is 0.343. The lowest BCUT2D eigenvalue weighted by molar-refractivity contribution is -1.03. The zero-order chi connectivity index (χ0) is 18.4. The maximum Gasteiger partial charge on any atom is 0.166 e. The van der Waals surface area contributed by atoms with Gasteiger partial charge in [0.25, 0.3) is 0 Å². The summed E-state index contributed by atoms with van der Waals surface area (Å²) in [6.45, 7) is 10.9. The Morgan fingerprint density at radius 1 is 1.23 bits per heavy atom. The molecule has 0 amide bonds. The van der Waals surface area contributed by atoms with E-state index in [0.717, 1.165) is 5.11 Å². The Hall–Kier alpha value is -0.690. The van der Waals surface area contributed by atoms with Crippen molar-refractivity contribution in [3.63, 3.8) is 0 Å². The highest BCUT2D eigenvalue weighted by molar-refractivity contribution is 7.80. The molecule has 1 aliphatic heterocycles. The average molecular weight is 397 g/mol. The molecule has 2 atom stereocenters. The Morgan fingerprint density at radius 3 is 2.58 bits per heavy atom. The Balaban J connectivity index is 1.60. The number of likely N-dealkylation sites (N-methyl/N-ethyl adjacent to an activating group) is 1. The first-order valence-corrected chi connectivity index (χ1v) is 11.7. The molecule has 1 aromatic heterocycles. The van der Waals surface area contributed by atoms with E-state index < -0.39 is 0 Å². The molecule has 4 nitrogen and oxygen atoms in total. The molecule has 1 aromatic rings. The first kappa shape index (κ1) is 20.1. The van der Waals surface area contributed by atoms with Crippen LogP contribution in [0.15, 0.2) is 17.5 Å². The van der Waals surface area contributed by atoms with Crippen molar-refractivity contribution in [2.75, 3.05) is 32.7 Å². The Labute approximate surface area is 168 Å². The van der Waals surface area contributed by atoms with Gasteiger partial charge in [-0.1, -0.05) is 25.3 Å². The summed E-state index contributed by atoms with van der Waals surface area (Å²) in [5.41, 5.74) is 0. The molecule has 3 rings (SSSR count). The molecule has 146 valence electrons. The predicted octanol–water partition coefficient (Wildman–Crippen LogP) is 0.778. The summed E-state index contributed by atoms with van der Waals surface area (Å²) < 4.78 is 0. The van der Waals surface area contributed by atoms with Crippen LogP contribution in [0.25, 0.3) is 0 Å². The molecule has 26 heavy (non-hydrogen) atoms. The van der Waals surface area contributed by atoms with Gasteiger partial charge in [-0.05, 0) is 50.4 Å². The van der Waals surface area contributed by atoms with E-state index in [-0.39, 0.29) is 0 Å². The van der Waals surface area contributed by atoms with E-state index in [2.05, 4.69) is 42.0 Å². The van der Waals surface area contributed by atoms with Crippen LogP contribution < -0.4 is 20.4 Å². The normalized spacial score (nSPS) is 26.8. The number of piperazine rings is 1. The van der Waals surface area contributed by atoms with Crippen LogP contribution in [0.1, 0.15) is 56.9 Å². The minimum absolute atomic E-state index is 0.343. The van der Waals surface area contributed by atoms with Crippen LogP contribution in [-0.4, -0.2) is 49.9 Å². The molecule has 0 radical (unpaired) electrons. The van der Waals surface area contributed by atoms with Gasteiger partial charge in [0, 0.05) is 6.04 Å². The van der Waals surface area contributed by atoms with Crippen molar-refractivity contribution in [1.29, 1.82) is 0 Å². The Morgan fingerprint density at radius 2 is 1.96 bits per heavy atom. The highest BCUT2D eigenvalue weighted by Crippen LogP contribution is 2.20. The van der Waals surface area contributed by atoms with E-state index in [4.69, 9.17) is 12.2 Å². The predicted molar refractivity (Wildman–Crippen MR) is 114 cm³/mol. The van der Waals surface area contributed by atoms with E-state index in [1.807, 2.05) is 11.3 Å². The number of rotatable bonds is 6. The lowest BCUT2D eigenvalue weighted by atomic mass is 9.96. The van der Waals surface area contributed by atoms with Crippen molar-refractivity contribution in [2.45, 2.75) is 64.1 Å². The molecule has 2 fully saturated rings. The summed E-state index contributed by atoms with van der Waals surface area (Å²) in [6.07, 6.45) is 6.57. The van der Waals surface area contributed by atoms with Gasteiger partial charge in [0.2, 0.25) is 0 Å². The number of hydrogen-bond donors (Lipinski definition) is 4. The van der Waals surface area contributed by atoms with E-state index in [9.17, 15) is 0 Å². The van der Waals surface area contributed by atoms with Gasteiger partial charge in [-0.2, -0.15) is 0 Å². The maximum atomic E-state index is 5.67. The number of thiocarbonyl (C=S) groups is 1. The Kier molecular flexibility index (Phi) is 7.73. The standard InChI is InChI=1S/C20H34N4S2/c1-3-23-11-13-24(14-12-23)19(18-10-7-15-26-18)16(2)21-20(25)22-17-8-5-4-6-9-17/h7,10,15-17,19H,3-6,8-9,11-14H2,1-2H3,(H2,21,22,25)/p+2/t16-,19+/m0/s1. The van der Waals surface area contributed by atoms with Crippen LogP contribution in [0.3, 0.4) is 0 Å². The molecule has 6 heteroatoms. The summed E-state index contributed by atoms with van der Waals surface area (Å²) in [5.74, 6) is 0. The molecule has 1 saturated carbocycles. The van der Waals surface area contributed by atoms with E-state index in [1.54, 1.807) is 9.80 Å². The van der Waals surface area contributed by atoms with E-state index >= 15 is 0 Å². The summed E-state index contributed by atoms with van der Waals surface area (Å²) >= 11 is 7.56. The first-order valence-electron chi connectivity index (χ1n) is 10.5. The largest absolute Gasteiger partial charge is 0.360 e. The highest BCUT2D eigenvalue weighted by Gasteiger charge is 2.35. The third-order valence-electron chi connectivity index (χ3n) is 6.19. The number of nitrogens with one attached hydrogen (secondary N) is 4. The monoisotopic (exact) mass is 396 g/mol. The smallest absolute Gasteiger partial charge is 0.166 e. The van der Waals surface area contributed by atoms with Crippen molar-refractivity contribution < 1.29 is 9.80 Å². The van der Waals surface area contributed by atoms with Gasteiger partial charge >= 0.3 is 0 Å². The fourth-order valence-electron chi connectivity index (χ4n) is 4.62. The second-order valence-electron chi connectivity index (χ2n) is 8.00. The van der Waals surface area contributed by atoms with Gasteiger partial charge in [0.15, 0.2) is 5.11 Å². The molecule has 4 N–H and O–H groups in total. The van der Waals surface area contributed by atoms with Gasteiger partial charge in [-0.3, -0.25) is 0 Å². The van der Waals surface area contributed by atoms with Crippen molar-refractivity contribution in [2.24, 2.45) is 0 Å². The first-order chi connectivity index (χ1) is 12.7. The van der Waals surface area contributed by atoms with Crippen LogP contribution in [0, 0.1) is 0 Å². The maximum absolute atomic E-state index is 5.67. The van der Waals surface area contributed by atoms with Gasteiger partial charge in [-0.25, -0.2) is 0 Å². The van der Waals surface area contributed by atoms with E-state index in [0.29, 0.717) is 18.1 Å². The van der Waals surface area contributed by atoms with Crippen molar-refractivity contribution in [3.05, 3.63) is 22.4 Å².